The van der Waals surface area contributed by atoms with Crippen LogP contribution in [0, 0.1) is 0 Å². The number of aliphatic hydroxyl groups excluding tert-OH is 1. The van der Waals surface area contributed by atoms with Gasteiger partial charge in [0.1, 0.15) is 6.61 Å². The minimum absolute atomic E-state index is 0.0672. The van der Waals surface area contributed by atoms with Crippen LogP contribution in [0.25, 0.3) is 0 Å². The minimum atomic E-state index is -0.775. The van der Waals surface area contributed by atoms with Crippen LogP contribution in [0.1, 0.15) is 290 Å². The number of hydrogen-bond donors (Lipinski definition) is 1. The Kier molecular flexibility index (Phi) is 56.9. The first-order chi connectivity index (χ1) is 34.1. The van der Waals surface area contributed by atoms with Gasteiger partial charge in [-0.15, -0.1) is 0 Å². The molecular formula is C64H112O5. The molecule has 5 heteroatoms. The molecule has 0 aliphatic heterocycles. The lowest BCUT2D eigenvalue weighted by Crippen LogP contribution is -2.28. The molecule has 0 aromatic carbocycles. The predicted octanol–water partition coefficient (Wildman–Crippen LogP) is 20.1. The molecule has 0 amide bonds. The molecule has 0 heterocycles. The highest BCUT2D eigenvalue weighted by atomic mass is 16.6. The van der Waals surface area contributed by atoms with E-state index in [1.54, 1.807) is 0 Å². The second kappa shape index (κ2) is 59.4. The Bertz CT molecular complexity index is 1270. The summed E-state index contributed by atoms with van der Waals surface area (Å²) in [6.07, 6.45) is 82.8. The van der Waals surface area contributed by atoms with Gasteiger partial charge in [-0.2, -0.15) is 0 Å². The SMILES string of the molecule is CC/C=C\C/C=C\C/C=C\C/C=C\C/C=C\C/C=C\CCCCCCCCCCCCCCCCCCCCC(=O)OC(CO)COC(=O)CCCCCCCCC/C=C\CCCCCCCCC. The van der Waals surface area contributed by atoms with Gasteiger partial charge in [0.05, 0.1) is 6.61 Å². The molecule has 0 saturated heterocycles. The number of carbonyl (C=O) groups excluding carboxylic acids is 2. The van der Waals surface area contributed by atoms with E-state index in [2.05, 4.69) is 98.9 Å². The normalized spacial score (nSPS) is 12.8. The van der Waals surface area contributed by atoms with Crippen LogP contribution in [-0.2, 0) is 19.1 Å². The lowest BCUT2D eigenvalue weighted by Gasteiger charge is -2.15. The van der Waals surface area contributed by atoms with Crippen molar-refractivity contribution in [3.05, 3.63) is 85.1 Å². The highest BCUT2D eigenvalue weighted by Crippen LogP contribution is 2.16. The molecule has 0 rings (SSSR count). The molecule has 0 spiro atoms. The third kappa shape index (κ3) is 57.5. The monoisotopic (exact) mass is 961 g/mol. The van der Waals surface area contributed by atoms with Crippen molar-refractivity contribution >= 4 is 11.9 Å². The maximum Gasteiger partial charge on any atom is 0.306 e. The van der Waals surface area contributed by atoms with E-state index in [4.69, 9.17) is 9.47 Å². The Morgan fingerprint density at radius 2 is 0.623 bits per heavy atom. The number of esters is 2. The van der Waals surface area contributed by atoms with Crippen LogP contribution in [0.4, 0.5) is 0 Å². The van der Waals surface area contributed by atoms with Crippen molar-refractivity contribution in [2.75, 3.05) is 13.2 Å². The van der Waals surface area contributed by atoms with Gasteiger partial charge in [-0.3, -0.25) is 9.59 Å². The average molecular weight is 962 g/mol. The molecule has 0 aliphatic rings. The number of rotatable bonds is 54. The number of ether oxygens (including phenoxy) is 2. The molecule has 0 aliphatic carbocycles. The summed E-state index contributed by atoms with van der Waals surface area (Å²) < 4.78 is 10.7. The topological polar surface area (TPSA) is 72.8 Å². The van der Waals surface area contributed by atoms with Crippen molar-refractivity contribution in [2.24, 2.45) is 0 Å². The van der Waals surface area contributed by atoms with Crippen molar-refractivity contribution in [1.29, 1.82) is 0 Å². The molecule has 0 aromatic heterocycles. The van der Waals surface area contributed by atoms with E-state index in [-0.39, 0.29) is 25.2 Å². The third-order valence-electron chi connectivity index (χ3n) is 12.9. The lowest BCUT2D eigenvalue weighted by atomic mass is 10.0. The van der Waals surface area contributed by atoms with Crippen LogP contribution in [0.15, 0.2) is 85.1 Å². The van der Waals surface area contributed by atoms with Crippen molar-refractivity contribution in [2.45, 2.75) is 296 Å². The van der Waals surface area contributed by atoms with E-state index < -0.39 is 6.10 Å². The fraction of sp³-hybridized carbons (Fsp3) is 0.750. The Hall–Kier alpha value is -2.92. The van der Waals surface area contributed by atoms with Crippen LogP contribution in [-0.4, -0.2) is 36.4 Å². The van der Waals surface area contributed by atoms with E-state index >= 15 is 0 Å². The number of carbonyl (C=O) groups is 2. The van der Waals surface area contributed by atoms with Crippen molar-refractivity contribution in [3.8, 4) is 0 Å². The largest absolute Gasteiger partial charge is 0.462 e. The summed E-state index contributed by atoms with van der Waals surface area (Å²) in [7, 11) is 0. The van der Waals surface area contributed by atoms with Gasteiger partial charge >= 0.3 is 11.9 Å². The molecule has 1 atom stereocenters. The van der Waals surface area contributed by atoms with Gasteiger partial charge in [0.25, 0.3) is 0 Å². The van der Waals surface area contributed by atoms with Crippen LogP contribution in [0.3, 0.4) is 0 Å². The molecule has 1 unspecified atom stereocenters. The van der Waals surface area contributed by atoms with Crippen LogP contribution >= 0.6 is 0 Å². The van der Waals surface area contributed by atoms with Crippen molar-refractivity contribution in [3.63, 3.8) is 0 Å². The molecule has 1 N–H and O–H groups in total. The Labute approximate surface area is 428 Å². The molecule has 0 saturated carbocycles. The van der Waals surface area contributed by atoms with Gasteiger partial charge < -0.3 is 14.6 Å². The van der Waals surface area contributed by atoms with Crippen molar-refractivity contribution in [1.82, 2.24) is 0 Å². The van der Waals surface area contributed by atoms with Gasteiger partial charge in [0.2, 0.25) is 0 Å². The van der Waals surface area contributed by atoms with E-state index in [0.29, 0.717) is 12.8 Å². The zero-order chi connectivity index (χ0) is 49.9. The molecule has 69 heavy (non-hydrogen) atoms. The maximum absolute atomic E-state index is 12.3. The molecule has 0 radical (unpaired) electrons. The maximum atomic E-state index is 12.3. The zero-order valence-corrected chi connectivity index (χ0v) is 45.6. The highest BCUT2D eigenvalue weighted by Gasteiger charge is 2.16. The van der Waals surface area contributed by atoms with Crippen LogP contribution in [0.2, 0.25) is 0 Å². The van der Waals surface area contributed by atoms with E-state index in [1.165, 1.54) is 186 Å². The van der Waals surface area contributed by atoms with Gasteiger partial charge in [0, 0.05) is 12.8 Å². The van der Waals surface area contributed by atoms with E-state index in [1.807, 2.05) is 0 Å². The molecule has 0 fully saturated rings. The quantitative estimate of drug-likeness (QED) is 0.0374. The Balaban J connectivity index is 3.46. The van der Waals surface area contributed by atoms with Gasteiger partial charge in [-0.25, -0.2) is 0 Å². The summed E-state index contributed by atoms with van der Waals surface area (Å²) >= 11 is 0. The summed E-state index contributed by atoms with van der Waals surface area (Å²) in [5, 5.41) is 9.65. The summed E-state index contributed by atoms with van der Waals surface area (Å²) in [6.45, 7) is 4.04. The molecule has 0 bridgehead atoms. The molecule has 0 aromatic rings. The number of allylic oxidation sites excluding steroid dienone is 14. The van der Waals surface area contributed by atoms with Crippen molar-refractivity contribution < 1.29 is 24.2 Å². The molecule has 5 nitrogen and oxygen atoms in total. The smallest absolute Gasteiger partial charge is 0.306 e. The third-order valence-corrected chi connectivity index (χ3v) is 12.9. The summed E-state index contributed by atoms with van der Waals surface area (Å²) in [6, 6.07) is 0. The zero-order valence-electron chi connectivity index (χ0n) is 45.6. The molecular weight excluding hydrogens is 849 g/mol. The predicted molar refractivity (Wildman–Crippen MR) is 302 cm³/mol. The van der Waals surface area contributed by atoms with Gasteiger partial charge in [-0.05, 0) is 89.9 Å². The minimum Gasteiger partial charge on any atom is -0.462 e. The second-order valence-electron chi connectivity index (χ2n) is 19.7. The number of aliphatic hydroxyl groups is 1. The first-order valence-electron chi connectivity index (χ1n) is 29.6. The van der Waals surface area contributed by atoms with Gasteiger partial charge in [0.15, 0.2) is 6.10 Å². The average Bonchev–Trinajstić information content (AvgIpc) is 3.35. The fourth-order valence-electron chi connectivity index (χ4n) is 8.50. The summed E-state index contributed by atoms with van der Waals surface area (Å²) in [5.41, 5.74) is 0. The van der Waals surface area contributed by atoms with E-state index in [9.17, 15) is 14.7 Å². The fourth-order valence-corrected chi connectivity index (χ4v) is 8.50. The highest BCUT2D eigenvalue weighted by molar-refractivity contribution is 5.70. The second-order valence-corrected chi connectivity index (χ2v) is 19.7. The van der Waals surface area contributed by atoms with Crippen LogP contribution < -0.4 is 0 Å². The van der Waals surface area contributed by atoms with E-state index in [0.717, 1.165) is 77.0 Å². The first-order valence-corrected chi connectivity index (χ1v) is 29.6. The van der Waals surface area contributed by atoms with Crippen LogP contribution in [0.5, 0.6) is 0 Å². The Morgan fingerprint density at radius 3 is 0.957 bits per heavy atom. The summed E-state index contributed by atoms with van der Waals surface area (Å²) in [5.74, 6) is -0.586. The lowest BCUT2D eigenvalue weighted by molar-refractivity contribution is -0.161. The standard InChI is InChI=1S/C64H112O5/c1-3-5-7-9-11-13-15-17-19-21-23-24-25-26-27-28-29-30-31-32-33-34-35-36-37-38-39-40-41-43-45-47-49-51-53-55-57-59-64(67)69-62(60-65)61-68-63(66)58-56-54-52-50-48-46-44-42-22-20-18-16-14-12-10-8-6-4-2/h5,7,11,13,17,19-20,22-24,26-27,29-30,62,65H,3-4,6,8-10,12,14-16,18,21,25,28,31-61H2,1-2H3/b7-5-,13-11-,19-17-,22-20-,24-23-,27-26-,30-29-. The molecule has 398 valence electrons. The first kappa shape index (κ1) is 66.1. The number of unbranched alkanes of at least 4 members (excludes halogenated alkanes) is 32. The number of hydrogen-bond acceptors (Lipinski definition) is 5. The van der Waals surface area contributed by atoms with Gasteiger partial charge in [-0.1, -0.05) is 272 Å². The summed E-state index contributed by atoms with van der Waals surface area (Å²) in [4.78, 5) is 24.5. The Morgan fingerprint density at radius 1 is 0.348 bits per heavy atom.